The number of hydrogen-bond acceptors (Lipinski definition) is 7. The lowest BCUT2D eigenvalue weighted by atomic mass is 10.0. The van der Waals surface area contributed by atoms with E-state index < -0.39 is 18.0 Å². The van der Waals surface area contributed by atoms with Crippen LogP contribution in [0.2, 0.25) is 0 Å². The van der Waals surface area contributed by atoms with E-state index in [0.717, 1.165) is 18.8 Å². The van der Waals surface area contributed by atoms with E-state index in [2.05, 4.69) is 37.4 Å². The van der Waals surface area contributed by atoms with Crippen LogP contribution in [0.4, 0.5) is 18.9 Å². The molecule has 4 rings (SSSR count). The van der Waals surface area contributed by atoms with Crippen LogP contribution in [0.3, 0.4) is 0 Å². The average molecular weight is 524 g/mol. The molecule has 1 aromatic carbocycles. The van der Waals surface area contributed by atoms with Gasteiger partial charge >= 0.3 is 6.18 Å². The molecule has 3 heterocycles. The van der Waals surface area contributed by atoms with Crippen LogP contribution in [0.5, 0.6) is 0 Å². The number of alkyl halides is 3. The molecule has 1 saturated heterocycles. The van der Waals surface area contributed by atoms with Gasteiger partial charge in [0.25, 0.3) is 0 Å². The number of benzene rings is 1. The first kappa shape index (κ1) is 27.1. The predicted molar refractivity (Wildman–Crippen MR) is 139 cm³/mol. The molecule has 0 saturated carbocycles. The number of hydrogen-bond donors (Lipinski definition) is 5. The summed E-state index contributed by atoms with van der Waals surface area (Å²) in [6, 6.07) is 5.86. The predicted octanol–water partition coefficient (Wildman–Crippen LogP) is 3.78. The summed E-state index contributed by atoms with van der Waals surface area (Å²) in [7, 11) is 0. The largest absolute Gasteiger partial charge is 0.416 e. The monoisotopic (exact) mass is 523 g/mol. The summed E-state index contributed by atoms with van der Waals surface area (Å²) in [5.41, 5.74) is 1.01. The molecular weight excluding hydrogens is 495 g/mol. The molecule has 1 unspecified atom stereocenters. The third-order valence-electron chi connectivity index (χ3n) is 5.93. The van der Waals surface area contributed by atoms with Crippen molar-refractivity contribution in [1.82, 2.24) is 25.2 Å². The molecule has 5 N–H and O–H groups in total. The van der Waals surface area contributed by atoms with Crippen LogP contribution in [0, 0.1) is 17.3 Å². The number of nitrogens with zero attached hydrogens (tertiary/aromatic N) is 3. The summed E-state index contributed by atoms with van der Waals surface area (Å²) in [6.45, 7) is 4.29. The first-order valence-electron chi connectivity index (χ1n) is 12.0. The molecule has 2 aromatic heterocycles. The van der Waals surface area contributed by atoms with Gasteiger partial charge in [-0.3, -0.25) is 9.88 Å². The SMILES string of the molecule is C[C@H]1CN(Cc2ccc(NC(O)c3cncc(C#Cc4cnc(/C=C\C=N)[nH]4)c3)cc2C(F)(F)F)CCN1. The minimum Gasteiger partial charge on any atom is -0.369 e. The number of imidazole rings is 1. The number of aliphatic hydroxyl groups is 1. The van der Waals surface area contributed by atoms with Gasteiger partial charge in [-0.2, -0.15) is 13.2 Å². The molecule has 0 aliphatic carbocycles. The number of H-pyrrole nitrogens is 1. The number of anilines is 1. The Morgan fingerprint density at radius 3 is 2.87 bits per heavy atom. The molecule has 38 heavy (non-hydrogen) atoms. The van der Waals surface area contributed by atoms with Gasteiger partial charge < -0.3 is 26.1 Å². The molecule has 198 valence electrons. The average Bonchev–Trinajstić information content (AvgIpc) is 3.34. The highest BCUT2D eigenvalue weighted by Crippen LogP contribution is 2.35. The zero-order valence-electron chi connectivity index (χ0n) is 20.7. The van der Waals surface area contributed by atoms with Crippen molar-refractivity contribution in [1.29, 1.82) is 5.41 Å². The lowest BCUT2D eigenvalue weighted by molar-refractivity contribution is -0.138. The molecule has 3 aromatic rings. The van der Waals surface area contributed by atoms with E-state index in [0.29, 0.717) is 35.7 Å². The van der Waals surface area contributed by atoms with Crippen molar-refractivity contribution in [2.75, 3.05) is 25.0 Å². The maximum absolute atomic E-state index is 13.9. The Hall–Kier alpha value is -3.98. The number of piperazine rings is 1. The second-order valence-electron chi connectivity index (χ2n) is 8.97. The zero-order valence-corrected chi connectivity index (χ0v) is 20.7. The molecule has 11 heteroatoms. The van der Waals surface area contributed by atoms with Crippen LogP contribution in [0.25, 0.3) is 6.08 Å². The highest BCUT2D eigenvalue weighted by Gasteiger charge is 2.34. The molecule has 0 spiro atoms. The minimum absolute atomic E-state index is 0.140. The first-order valence-corrected chi connectivity index (χ1v) is 12.0. The van der Waals surface area contributed by atoms with Gasteiger partial charge in [0, 0.05) is 67.6 Å². The van der Waals surface area contributed by atoms with E-state index >= 15 is 0 Å². The fraction of sp³-hybridized carbons (Fsp3) is 0.296. The smallest absolute Gasteiger partial charge is 0.369 e. The van der Waals surface area contributed by atoms with Crippen LogP contribution in [0.15, 0.2) is 48.9 Å². The van der Waals surface area contributed by atoms with Crippen LogP contribution in [-0.2, 0) is 12.7 Å². The summed E-state index contributed by atoms with van der Waals surface area (Å²) in [5, 5.41) is 23.7. The summed E-state index contributed by atoms with van der Waals surface area (Å²) >= 11 is 0. The van der Waals surface area contributed by atoms with Crippen molar-refractivity contribution < 1.29 is 18.3 Å². The normalized spacial score (nSPS) is 17.1. The van der Waals surface area contributed by atoms with Crippen LogP contribution >= 0.6 is 0 Å². The summed E-state index contributed by atoms with van der Waals surface area (Å²) < 4.78 is 41.7. The van der Waals surface area contributed by atoms with Crippen molar-refractivity contribution in [3.63, 3.8) is 0 Å². The molecule has 1 fully saturated rings. The third-order valence-corrected chi connectivity index (χ3v) is 5.93. The highest BCUT2D eigenvalue weighted by molar-refractivity contribution is 5.74. The van der Waals surface area contributed by atoms with Crippen molar-refractivity contribution in [3.05, 3.63) is 82.7 Å². The standard InChI is InChI=1S/C27H28F3N7O/c1-18-16-37(10-9-33-18)17-20-5-7-22(12-24(20)27(28,29)30)36-26(38)21-11-19(13-32-14-21)4-6-23-15-34-25(35-23)3-2-8-31/h2-3,5,7-8,11-15,18,26,31,33,36,38H,9-10,16-17H2,1H3,(H,34,35)/b3-2-,31-8?/t18-,26?/m0/s1. The summed E-state index contributed by atoms with van der Waals surface area (Å²) in [5.74, 6) is 6.38. The Balaban J connectivity index is 1.48. The van der Waals surface area contributed by atoms with Gasteiger partial charge in [-0.25, -0.2) is 4.98 Å². The van der Waals surface area contributed by atoms with Crippen LogP contribution < -0.4 is 10.6 Å². The number of allylic oxidation sites excluding steroid dienone is 1. The van der Waals surface area contributed by atoms with E-state index in [4.69, 9.17) is 5.41 Å². The number of rotatable bonds is 7. The van der Waals surface area contributed by atoms with E-state index in [1.54, 1.807) is 24.4 Å². The van der Waals surface area contributed by atoms with Gasteiger partial charge in [-0.15, -0.1) is 0 Å². The van der Waals surface area contributed by atoms with Crippen molar-refractivity contribution in [2.24, 2.45) is 0 Å². The molecule has 0 radical (unpaired) electrons. The summed E-state index contributed by atoms with van der Waals surface area (Å²) in [6.07, 6.45) is 2.95. The Kier molecular flexibility index (Phi) is 8.58. The zero-order chi connectivity index (χ0) is 27.1. The van der Waals surface area contributed by atoms with Gasteiger partial charge in [0.15, 0.2) is 6.23 Å². The number of halogens is 3. The first-order chi connectivity index (χ1) is 18.2. The van der Waals surface area contributed by atoms with Gasteiger partial charge in [0.05, 0.1) is 11.8 Å². The minimum atomic E-state index is -4.53. The number of aromatic amines is 1. The lowest BCUT2D eigenvalue weighted by Crippen LogP contribution is -2.48. The molecular formula is C27H28F3N7O. The van der Waals surface area contributed by atoms with Gasteiger partial charge in [-0.1, -0.05) is 12.0 Å². The Labute approximate surface area is 218 Å². The quantitative estimate of drug-likeness (QED) is 0.183. The number of aromatic nitrogens is 3. The van der Waals surface area contributed by atoms with E-state index in [9.17, 15) is 18.3 Å². The lowest BCUT2D eigenvalue weighted by Gasteiger charge is -2.32. The molecule has 0 amide bonds. The summed E-state index contributed by atoms with van der Waals surface area (Å²) in [4.78, 5) is 13.2. The molecule has 2 atom stereocenters. The number of aliphatic hydroxyl groups excluding tert-OH is 1. The maximum Gasteiger partial charge on any atom is 0.416 e. The fourth-order valence-electron chi connectivity index (χ4n) is 4.15. The van der Waals surface area contributed by atoms with Crippen molar-refractivity contribution >= 4 is 18.0 Å². The second kappa shape index (κ2) is 12.0. The molecule has 0 bridgehead atoms. The van der Waals surface area contributed by atoms with Crippen molar-refractivity contribution in [3.8, 4) is 11.8 Å². The highest BCUT2D eigenvalue weighted by atomic mass is 19.4. The van der Waals surface area contributed by atoms with Crippen LogP contribution in [-0.4, -0.2) is 56.8 Å². The topological polar surface area (TPSA) is 113 Å². The van der Waals surface area contributed by atoms with Gasteiger partial charge in [0.2, 0.25) is 0 Å². The molecule has 8 nitrogen and oxygen atoms in total. The van der Waals surface area contributed by atoms with Crippen LogP contribution in [0.1, 0.15) is 46.9 Å². The maximum atomic E-state index is 13.9. The van der Waals surface area contributed by atoms with Gasteiger partial charge in [-0.05, 0) is 48.8 Å². The molecule has 1 aliphatic heterocycles. The Bertz CT molecular complexity index is 1360. The second-order valence-corrected chi connectivity index (χ2v) is 8.97. The van der Waals surface area contributed by atoms with E-state index in [-0.39, 0.29) is 23.8 Å². The number of pyridine rings is 1. The van der Waals surface area contributed by atoms with E-state index in [1.807, 2.05) is 11.8 Å². The van der Waals surface area contributed by atoms with Crippen molar-refractivity contribution in [2.45, 2.75) is 31.9 Å². The molecule has 1 aliphatic rings. The van der Waals surface area contributed by atoms with E-state index in [1.165, 1.54) is 24.5 Å². The Morgan fingerprint density at radius 2 is 2.11 bits per heavy atom. The Morgan fingerprint density at radius 1 is 1.26 bits per heavy atom. The number of nitrogens with one attached hydrogen (secondary N) is 4. The fourth-order valence-corrected chi connectivity index (χ4v) is 4.15. The van der Waals surface area contributed by atoms with Gasteiger partial charge in [0.1, 0.15) is 11.5 Å². The third kappa shape index (κ3) is 7.29.